The molecule has 2 N–H and O–H groups in total. The van der Waals surface area contributed by atoms with Crippen molar-refractivity contribution in [2.75, 3.05) is 18.4 Å². The normalized spacial score (nSPS) is 16.6. The number of terminal acetylenes is 1. The van der Waals surface area contributed by atoms with E-state index in [1.807, 2.05) is 32.9 Å². The smallest absolute Gasteiger partial charge is 0.410 e. The van der Waals surface area contributed by atoms with Gasteiger partial charge in [-0.05, 0) is 45.6 Å². The zero-order valence-electron chi connectivity index (χ0n) is 17.5. The Hall–Kier alpha value is -3.34. The van der Waals surface area contributed by atoms with Crippen LogP contribution in [0.4, 0.5) is 16.4 Å². The minimum absolute atomic E-state index is 0. The summed E-state index contributed by atoms with van der Waals surface area (Å²) in [6.45, 7) is 6.58. The van der Waals surface area contributed by atoms with Gasteiger partial charge in [0, 0.05) is 41.2 Å². The van der Waals surface area contributed by atoms with Gasteiger partial charge in [-0.2, -0.15) is 5.10 Å². The highest BCUT2D eigenvalue weighted by Crippen LogP contribution is 2.39. The number of nitrogens with zero attached hydrogens (tertiary/aromatic N) is 4. The average Bonchev–Trinajstić information content (AvgIpc) is 3.46. The fourth-order valence-electron chi connectivity index (χ4n) is 3.23. The third-order valence-electron chi connectivity index (χ3n) is 4.95. The number of aromatic amines is 1. The lowest BCUT2D eigenvalue weighted by molar-refractivity contribution is 0.0270. The molecule has 1 aliphatic heterocycles. The van der Waals surface area contributed by atoms with Crippen LogP contribution in [0, 0.1) is 12.3 Å². The van der Waals surface area contributed by atoms with Gasteiger partial charge in [0.2, 0.25) is 0 Å². The molecule has 2 aromatic rings. The van der Waals surface area contributed by atoms with Gasteiger partial charge in [-0.3, -0.25) is 5.10 Å². The Morgan fingerprint density at radius 3 is 2.87 bits per heavy atom. The zero-order chi connectivity index (χ0) is 21.3. The minimum Gasteiger partial charge on any atom is -0.444 e. The average molecular weight is 413 g/mol. The first-order valence-electron chi connectivity index (χ1n) is 10.2. The van der Waals surface area contributed by atoms with Gasteiger partial charge in [0.15, 0.2) is 17.5 Å². The predicted octanol–water partition coefficient (Wildman–Crippen LogP) is 4.56. The highest BCUT2D eigenvalue weighted by Gasteiger charge is 2.26. The lowest BCUT2D eigenvalue weighted by Gasteiger charge is -2.29. The van der Waals surface area contributed by atoms with Crippen molar-refractivity contribution in [3.8, 4) is 12.3 Å². The molecule has 2 aliphatic rings. The van der Waals surface area contributed by atoms with E-state index in [1.54, 1.807) is 11.1 Å². The lowest BCUT2D eigenvalue weighted by Crippen LogP contribution is -2.39. The molecule has 1 amide bonds. The lowest BCUT2D eigenvalue weighted by atomic mass is 10.1. The molecule has 0 unspecified atom stereocenters. The van der Waals surface area contributed by atoms with Crippen LogP contribution in [0.3, 0.4) is 0 Å². The minimum atomic E-state index is -0.512. The van der Waals surface area contributed by atoms with E-state index in [0.29, 0.717) is 48.5 Å². The highest BCUT2D eigenvalue weighted by molar-refractivity contribution is 5.72. The summed E-state index contributed by atoms with van der Waals surface area (Å²) in [6, 6.07) is 2.00. The molecule has 0 saturated heterocycles. The molecule has 1 saturated carbocycles. The Morgan fingerprint density at radius 2 is 2.23 bits per heavy atom. The Bertz CT molecular complexity index is 1040. The third-order valence-corrected chi connectivity index (χ3v) is 4.95. The van der Waals surface area contributed by atoms with Crippen molar-refractivity contribution in [1.29, 1.82) is 0 Å². The number of hydrogen-bond acceptors (Lipinski definition) is 6. The van der Waals surface area contributed by atoms with Gasteiger partial charge in [-0.1, -0.05) is 12.0 Å². The van der Waals surface area contributed by atoms with Crippen LogP contribution in [0.15, 0.2) is 18.3 Å². The van der Waals surface area contributed by atoms with Crippen LogP contribution >= 0.6 is 0 Å². The van der Waals surface area contributed by atoms with Crippen LogP contribution in [0.1, 0.15) is 67.3 Å². The van der Waals surface area contributed by atoms with E-state index in [2.05, 4.69) is 31.4 Å². The number of nitrogens with one attached hydrogen (secondary N) is 2. The quantitative estimate of drug-likeness (QED) is 0.715. The van der Waals surface area contributed by atoms with Crippen LogP contribution in [0.5, 0.6) is 0 Å². The van der Waals surface area contributed by atoms with E-state index in [9.17, 15) is 4.79 Å². The number of hydrogen-bond donors (Lipinski definition) is 2. The summed E-state index contributed by atoms with van der Waals surface area (Å²) in [5.74, 6) is 5.03. The molecule has 0 aromatic carbocycles. The van der Waals surface area contributed by atoms with Crippen LogP contribution < -0.4 is 5.32 Å². The van der Waals surface area contributed by atoms with Crippen molar-refractivity contribution in [2.45, 2.75) is 51.6 Å². The van der Waals surface area contributed by atoms with E-state index in [0.717, 1.165) is 11.3 Å². The molecule has 162 valence electrons. The first-order valence-corrected chi connectivity index (χ1v) is 10.2. The second-order valence-corrected chi connectivity index (χ2v) is 8.61. The standard InChI is InChI=1S/C22H26N6O2.3H2/c1-5-14-13-23-19(16-8-10-28(11-9-16)21(29)30-22(2,3)4)25-20(14)24-18-12-17(26-27-18)15-6-7-15;;;/h1,8,12-13,15H,6-7,9-11H2,2-4H3,(H2,23,24,25,26,27);3*1H. The van der Waals surface area contributed by atoms with E-state index in [-0.39, 0.29) is 10.4 Å². The summed E-state index contributed by atoms with van der Waals surface area (Å²) in [5.41, 5.74) is 2.16. The molecule has 1 aliphatic carbocycles. The van der Waals surface area contributed by atoms with Gasteiger partial charge in [0.25, 0.3) is 0 Å². The van der Waals surface area contributed by atoms with Crippen molar-refractivity contribution >= 4 is 23.3 Å². The van der Waals surface area contributed by atoms with Gasteiger partial charge < -0.3 is 15.0 Å². The van der Waals surface area contributed by atoms with Gasteiger partial charge in [-0.25, -0.2) is 14.8 Å². The van der Waals surface area contributed by atoms with E-state index < -0.39 is 5.60 Å². The summed E-state index contributed by atoms with van der Waals surface area (Å²) in [6.07, 6.45) is 12.0. The number of ether oxygens (including phenoxy) is 1. The van der Waals surface area contributed by atoms with Crippen molar-refractivity contribution in [3.63, 3.8) is 0 Å². The van der Waals surface area contributed by atoms with Gasteiger partial charge in [0.1, 0.15) is 5.60 Å². The van der Waals surface area contributed by atoms with Gasteiger partial charge in [-0.15, -0.1) is 6.42 Å². The zero-order valence-corrected chi connectivity index (χ0v) is 17.5. The van der Waals surface area contributed by atoms with Gasteiger partial charge in [0.05, 0.1) is 5.56 Å². The summed E-state index contributed by atoms with van der Waals surface area (Å²) in [7, 11) is 0. The second kappa shape index (κ2) is 7.82. The molecule has 30 heavy (non-hydrogen) atoms. The largest absolute Gasteiger partial charge is 0.444 e. The Balaban J connectivity index is 0.00000181. The molecule has 8 nitrogen and oxygen atoms in total. The molecule has 3 heterocycles. The first kappa shape index (κ1) is 20.0. The van der Waals surface area contributed by atoms with Crippen LogP contribution in [-0.2, 0) is 4.74 Å². The van der Waals surface area contributed by atoms with Gasteiger partial charge >= 0.3 is 6.09 Å². The number of carbonyl (C=O) groups is 1. The summed E-state index contributed by atoms with van der Waals surface area (Å²) in [5, 5.41) is 10.6. The monoisotopic (exact) mass is 412 g/mol. The highest BCUT2D eigenvalue weighted by atomic mass is 16.6. The molecular weight excluding hydrogens is 380 g/mol. The Kier molecular flexibility index (Phi) is 5.20. The molecule has 2 aromatic heterocycles. The SMILES string of the molecule is C#Cc1cnc(C2=CCN(C(=O)OC(C)(C)C)CC2)nc1Nc1cc(C2CC2)[nH]n1.[HH].[HH].[HH]. The first-order chi connectivity index (χ1) is 14.3. The number of anilines is 2. The predicted molar refractivity (Wildman–Crippen MR) is 121 cm³/mol. The third kappa shape index (κ3) is 4.62. The number of aromatic nitrogens is 4. The van der Waals surface area contributed by atoms with Crippen molar-refractivity contribution in [3.05, 3.63) is 35.4 Å². The van der Waals surface area contributed by atoms with Crippen molar-refractivity contribution in [2.24, 2.45) is 0 Å². The van der Waals surface area contributed by atoms with Crippen LogP contribution in [0.25, 0.3) is 5.57 Å². The molecule has 0 radical (unpaired) electrons. The maximum Gasteiger partial charge on any atom is 0.410 e. The van der Waals surface area contributed by atoms with E-state index in [4.69, 9.17) is 11.2 Å². The molecule has 0 bridgehead atoms. The molecular formula is C22H32N6O2. The van der Waals surface area contributed by atoms with Crippen LogP contribution in [0.2, 0.25) is 0 Å². The molecule has 0 atom stereocenters. The molecule has 1 fully saturated rings. The number of amides is 1. The summed E-state index contributed by atoms with van der Waals surface area (Å²) >= 11 is 0. The van der Waals surface area contributed by atoms with Crippen LogP contribution in [-0.4, -0.2) is 49.8 Å². The second-order valence-electron chi connectivity index (χ2n) is 8.61. The van der Waals surface area contributed by atoms with E-state index >= 15 is 0 Å². The fraction of sp³-hybridized carbons (Fsp3) is 0.455. The molecule has 0 spiro atoms. The number of H-pyrrole nitrogens is 1. The topological polar surface area (TPSA) is 96.0 Å². The molecule has 4 rings (SSSR count). The summed E-state index contributed by atoms with van der Waals surface area (Å²) < 4.78 is 5.44. The maximum absolute atomic E-state index is 12.3. The number of carbonyl (C=O) groups excluding carboxylic acids is 1. The molecule has 8 heteroatoms. The van der Waals surface area contributed by atoms with Crippen molar-refractivity contribution in [1.82, 2.24) is 25.1 Å². The number of rotatable bonds is 4. The van der Waals surface area contributed by atoms with Crippen molar-refractivity contribution < 1.29 is 13.8 Å². The van der Waals surface area contributed by atoms with E-state index in [1.165, 1.54) is 12.8 Å². The summed E-state index contributed by atoms with van der Waals surface area (Å²) in [4.78, 5) is 23.0. The maximum atomic E-state index is 12.3. The fourth-order valence-corrected chi connectivity index (χ4v) is 3.23. The Morgan fingerprint density at radius 1 is 1.43 bits per heavy atom. The Labute approximate surface area is 180 Å².